The van der Waals surface area contributed by atoms with E-state index in [9.17, 15) is 4.79 Å². The smallest absolute Gasteiger partial charge is 0.246 e. The van der Waals surface area contributed by atoms with E-state index in [1.165, 1.54) is 6.07 Å². The number of ether oxygens (including phenoxy) is 3. The lowest BCUT2D eigenvalue weighted by molar-refractivity contribution is -0.137. The maximum atomic E-state index is 11.4. The molecule has 1 amide bonds. The number of carbonyl (C=O) groups excluding carboxylic acids is 1. The number of rotatable bonds is 6. The van der Waals surface area contributed by atoms with Gasteiger partial charge in [-0.05, 0) is 24.5 Å². The molecule has 126 valence electrons. The molecule has 1 aliphatic heterocycles. The Bertz CT molecular complexity index is 834. The largest absolute Gasteiger partial charge is 0.490 e. The van der Waals surface area contributed by atoms with E-state index < -0.39 is 25.6 Å². The predicted molar refractivity (Wildman–Crippen MR) is 90.2 cm³/mol. The van der Waals surface area contributed by atoms with Gasteiger partial charge in [-0.15, -0.1) is 0 Å². The monoisotopic (exact) mass is 332 g/mol. The molecule has 2 atom stereocenters. The zero-order valence-corrected chi connectivity index (χ0v) is 12.9. The first-order valence-corrected chi connectivity index (χ1v) is 7.55. The number of amides is 1. The molecule has 0 aromatic heterocycles. The van der Waals surface area contributed by atoms with Crippen LogP contribution < -0.4 is 14.8 Å². The highest BCUT2D eigenvalue weighted by molar-refractivity contribution is 5.77. The third-order valence-electron chi connectivity index (χ3n) is 3.66. The summed E-state index contributed by atoms with van der Waals surface area (Å²) in [6.07, 6.45) is -1.14. The molecule has 24 heavy (non-hydrogen) atoms. The Morgan fingerprint density at radius 1 is 1.25 bits per heavy atom. The van der Waals surface area contributed by atoms with Crippen LogP contribution in [0.25, 0.3) is 0 Å². The Labute approximate surface area is 148 Å². The molecule has 1 heterocycles. The van der Waals surface area contributed by atoms with Crippen LogP contribution in [0, 0.1) is 0 Å². The van der Waals surface area contributed by atoms with Gasteiger partial charge in [0.15, 0.2) is 17.6 Å². The second kappa shape index (κ2) is 7.84. The van der Waals surface area contributed by atoms with Gasteiger partial charge in [0, 0.05) is 10.7 Å². The molecule has 2 aromatic rings. The molecule has 5 nitrogen and oxygen atoms in total. The summed E-state index contributed by atoms with van der Waals surface area (Å²) in [5, 5.41) is 2.73. The van der Waals surface area contributed by atoms with Crippen LogP contribution in [0.1, 0.15) is 25.4 Å². The zero-order valence-electron chi connectivity index (χ0n) is 17.9. The molecule has 0 saturated carbocycles. The average molecular weight is 332 g/mol. The molecule has 0 aliphatic carbocycles. The number of hydrogen-bond acceptors (Lipinski definition) is 4. The molecule has 1 fully saturated rings. The minimum atomic E-state index is -2.98. The molecule has 0 spiro atoms. The Morgan fingerprint density at radius 3 is 2.71 bits per heavy atom. The fourth-order valence-corrected chi connectivity index (χ4v) is 2.53. The van der Waals surface area contributed by atoms with Crippen LogP contribution in [0.4, 0.5) is 0 Å². The highest BCUT2D eigenvalue weighted by Gasteiger charge is 2.30. The third kappa shape index (κ3) is 3.86. The molecule has 1 N–H and O–H groups in total. The average Bonchev–Trinajstić information content (AvgIpc) is 2.68. The van der Waals surface area contributed by atoms with Gasteiger partial charge < -0.3 is 19.5 Å². The van der Waals surface area contributed by atoms with Gasteiger partial charge in [0.1, 0.15) is 12.7 Å². The second-order valence-electron chi connectivity index (χ2n) is 5.25. The molecule has 5 heteroatoms. The van der Waals surface area contributed by atoms with E-state index in [4.69, 9.17) is 21.1 Å². The van der Waals surface area contributed by atoms with Crippen molar-refractivity contribution in [2.24, 2.45) is 0 Å². The Balaban J connectivity index is 1.89. The summed E-state index contributed by atoms with van der Waals surface area (Å²) >= 11 is 0. The van der Waals surface area contributed by atoms with Gasteiger partial charge in [0.05, 0.1) is 9.30 Å². The summed E-state index contributed by atoms with van der Waals surface area (Å²) in [6.45, 7) is -5.74. The normalized spacial score (nSPS) is 22.8. The number of hydrogen-bond donors (Lipinski definition) is 1. The van der Waals surface area contributed by atoms with E-state index >= 15 is 0 Å². The van der Waals surface area contributed by atoms with E-state index in [0.29, 0.717) is 0 Å². The van der Waals surface area contributed by atoms with Crippen LogP contribution in [0.2, 0.25) is 0 Å². The van der Waals surface area contributed by atoms with Gasteiger partial charge >= 0.3 is 0 Å². The first-order valence-electron chi connectivity index (χ1n) is 10.1. The minimum absolute atomic E-state index is 0.0469. The summed E-state index contributed by atoms with van der Waals surface area (Å²) in [5.74, 6) is -0.105. The van der Waals surface area contributed by atoms with E-state index in [1.54, 1.807) is 18.2 Å². The number of benzene rings is 2. The van der Waals surface area contributed by atoms with Crippen molar-refractivity contribution in [2.75, 3.05) is 19.7 Å². The molecule has 0 radical (unpaired) electrons. The molecule has 1 aliphatic rings. The van der Waals surface area contributed by atoms with Gasteiger partial charge in [-0.2, -0.15) is 0 Å². The SMILES string of the molecule is [2H]C([2H])([2H])C([2H])([2H])Oc1ccccc1O[C@@H](c1ccccc1)[C@@H]1CNC(=O)CO1. The van der Waals surface area contributed by atoms with Crippen LogP contribution in [0.3, 0.4) is 0 Å². The van der Waals surface area contributed by atoms with Gasteiger partial charge in [-0.3, -0.25) is 4.79 Å². The van der Waals surface area contributed by atoms with Crippen LogP contribution in [-0.2, 0) is 9.53 Å². The highest BCUT2D eigenvalue weighted by Crippen LogP contribution is 2.33. The summed E-state index contributed by atoms with van der Waals surface area (Å²) in [5.41, 5.74) is 0.780. The van der Waals surface area contributed by atoms with Crippen molar-refractivity contribution in [3.8, 4) is 11.5 Å². The molecule has 1 saturated heterocycles. The molecule has 0 bridgehead atoms. The number of nitrogens with one attached hydrogen (secondary N) is 1. The maximum absolute atomic E-state index is 11.4. The van der Waals surface area contributed by atoms with Crippen molar-refractivity contribution in [1.82, 2.24) is 5.32 Å². The Hall–Kier alpha value is -2.53. The van der Waals surface area contributed by atoms with E-state index in [0.717, 1.165) is 5.56 Å². The summed E-state index contributed by atoms with van der Waals surface area (Å²) in [6, 6.07) is 15.5. The zero-order chi connectivity index (χ0) is 21.1. The Morgan fingerprint density at radius 2 is 2.00 bits per heavy atom. The van der Waals surface area contributed by atoms with Crippen LogP contribution in [0.15, 0.2) is 54.6 Å². The van der Waals surface area contributed by atoms with E-state index in [2.05, 4.69) is 5.32 Å². The van der Waals surface area contributed by atoms with Crippen molar-refractivity contribution in [2.45, 2.75) is 19.1 Å². The number of morpholine rings is 1. The number of carbonyl (C=O) groups is 1. The van der Waals surface area contributed by atoms with Crippen molar-refractivity contribution < 1.29 is 25.9 Å². The first kappa shape index (κ1) is 11.1. The maximum Gasteiger partial charge on any atom is 0.246 e. The lowest BCUT2D eigenvalue weighted by Gasteiger charge is -2.31. The van der Waals surface area contributed by atoms with Crippen LogP contribution in [0.5, 0.6) is 11.5 Å². The Kier molecular flexibility index (Phi) is 3.62. The standard InChI is InChI=1S/C19H21NO4/c1-2-22-15-10-6-7-11-16(15)24-19(14-8-4-3-5-9-14)17-12-20-18(21)13-23-17/h3-11,17,19H,2,12-13H2,1H3,(H,20,21)/t17-,19-/m0/s1/i1D3,2D2. The van der Waals surface area contributed by atoms with E-state index in [-0.39, 0.29) is 30.6 Å². The minimum Gasteiger partial charge on any atom is -0.490 e. The first-order chi connectivity index (χ1) is 13.7. The van der Waals surface area contributed by atoms with Crippen molar-refractivity contribution in [3.05, 3.63) is 60.2 Å². The predicted octanol–water partition coefficient (Wildman–Crippen LogP) is 2.72. The van der Waals surface area contributed by atoms with Gasteiger partial charge in [-0.25, -0.2) is 0 Å². The summed E-state index contributed by atoms with van der Waals surface area (Å²) in [7, 11) is 0. The third-order valence-corrected chi connectivity index (χ3v) is 3.66. The number of para-hydroxylation sites is 2. The van der Waals surface area contributed by atoms with Crippen LogP contribution in [-0.4, -0.2) is 31.7 Å². The van der Waals surface area contributed by atoms with Crippen molar-refractivity contribution >= 4 is 5.91 Å². The van der Waals surface area contributed by atoms with Gasteiger partial charge in [0.2, 0.25) is 5.91 Å². The fourth-order valence-electron chi connectivity index (χ4n) is 2.53. The van der Waals surface area contributed by atoms with Gasteiger partial charge in [-0.1, -0.05) is 42.5 Å². The molecule has 0 unspecified atom stereocenters. The van der Waals surface area contributed by atoms with E-state index in [1.807, 2.05) is 30.3 Å². The van der Waals surface area contributed by atoms with Crippen molar-refractivity contribution in [3.63, 3.8) is 0 Å². The molecular weight excluding hydrogens is 306 g/mol. The fraction of sp³-hybridized carbons (Fsp3) is 0.316. The topological polar surface area (TPSA) is 56.8 Å². The summed E-state index contributed by atoms with van der Waals surface area (Å²) in [4.78, 5) is 11.4. The lowest BCUT2D eigenvalue weighted by Crippen LogP contribution is -2.46. The molecule has 3 rings (SSSR count). The van der Waals surface area contributed by atoms with Crippen LogP contribution >= 0.6 is 0 Å². The van der Waals surface area contributed by atoms with Gasteiger partial charge in [0.25, 0.3) is 0 Å². The summed E-state index contributed by atoms with van der Waals surface area (Å²) < 4.78 is 54.4. The molecule has 2 aromatic carbocycles. The highest BCUT2D eigenvalue weighted by atomic mass is 16.6. The lowest BCUT2D eigenvalue weighted by atomic mass is 10.0. The van der Waals surface area contributed by atoms with Crippen molar-refractivity contribution in [1.29, 1.82) is 0 Å². The molecular formula is C19H21NO4. The second-order valence-corrected chi connectivity index (χ2v) is 5.25. The quantitative estimate of drug-likeness (QED) is 0.884.